The van der Waals surface area contributed by atoms with Crippen LogP contribution in [0.4, 0.5) is 11.9 Å². The number of aromatic nitrogens is 3. The molecule has 0 aliphatic rings. The molecule has 0 spiro atoms. The average Bonchev–Trinajstić information content (AvgIpc) is 2.36. The van der Waals surface area contributed by atoms with E-state index in [0.29, 0.717) is 16.5 Å². The van der Waals surface area contributed by atoms with Crippen LogP contribution < -0.4 is 10.6 Å². The molecule has 1 aromatic heterocycles. The lowest BCUT2D eigenvalue weighted by Crippen LogP contribution is -2.18. The van der Waals surface area contributed by atoms with Gasteiger partial charge in [0.2, 0.25) is 11.9 Å². The van der Waals surface area contributed by atoms with Crippen LogP contribution in [0.2, 0.25) is 5.02 Å². The molecule has 0 saturated heterocycles. The zero-order valence-corrected chi connectivity index (χ0v) is 13.8. The third kappa shape index (κ3) is 4.54. The van der Waals surface area contributed by atoms with E-state index in [1.807, 2.05) is 0 Å². The van der Waals surface area contributed by atoms with Crippen LogP contribution in [-0.2, 0) is 21.3 Å². The van der Waals surface area contributed by atoms with Crippen molar-refractivity contribution in [3.8, 4) is 0 Å². The van der Waals surface area contributed by atoms with Gasteiger partial charge in [-0.15, -0.1) is 0 Å². The summed E-state index contributed by atoms with van der Waals surface area (Å²) in [6.45, 7) is 0. The number of nitrogens with two attached hydrogens (primary N) is 1. The van der Waals surface area contributed by atoms with E-state index in [0.717, 1.165) is 0 Å². The van der Waals surface area contributed by atoms with Crippen molar-refractivity contribution in [1.82, 2.24) is 15.0 Å². The second kappa shape index (κ2) is 6.45. The summed E-state index contributed by atoms with van der Waals surface area (Å²) in [4.78, 5) is 13.5. The molecule has 0 unspecified atom stereocenters. The van der Waals surface area contributed by atoms with Crippen LogP contribution in [0.3, 0.4) is 0 Å². The summed E-state index contributed by atoms with van der Waals surface area (Å²) >= 11 is 5.86. The van der Waals surface area contributed by atoms with Gasteiger partial charge in [-0.1, -0.05) is 23.7 Å². The number of sulfone groups is 1. The first kappa shape index (κ1) is 16.4. The Hall–Kier alpha value is -1.93. The third-order valence-corrected chi connectivity index (χ3v) is 4.42. The van der Waals surface area contributed by atoms with Crippen LogP contribution in [0.25, 0.3) is 0 Å². The first-order valence-corrected chi connectivity index (χ1v) is 8.58. The van der Waals surface area contributed by atoms with E-state index in [1.54, 1.807) is 43.3 Å². The van der Waals surface area contributed by atoms with Crippen molar-refractivity contribution in [2.45, 2.75) is 11.5 Å². The predicted octanol–water partition coefficient (Wildman–Crippen LogP) is 1.29. The highest BCUT2D eigenvalue weighted by atomic mass is 35.5. The molecule has 2 aromatic rings. The fraction of sp³-hybridized carbons (Fsp3) is 0.308. The van der Waals surface area contributed by atoms with Crippen molar-refractivity contribution in [2.24, 2.45) is 0 Å². The number of anilines is 2. The van der Waals surface area contributed by atoms with Gasteiger partial charge in [0, 0.05) is 19.1 Å². The van der Waals surface area contributed by atoms with Gasteiger partial charge in [0.05, 0.1) is 5.75 Å². The molecule has 7 nitrogen and oxygen atoms in total. The number of benzene rings is 1. The van der Waals surface area contributed by atoms with E-state index < -0.39 is 9.84 Å². The van der Waals surface area contributed by atoms with Gasteiger partial charge in [0.25, 0.3) is 0 Å². The number of hydrogen-bond donors (Lipinski definition) is 1. The molecule has 22 heavy (non-hydrogen) atoms. The van der Waals surface area contributed by atoms with E-state index in [2.05, 4.69) is 15.0 Å². The summed E-state index contributed by atoms with van der Waals surface area (Å²) in [6, 6.07) is 6.72. The Kier molecular flexibility index (Phi) is 4.82. The largest absolute Gasteiger partial charge is 0.368 e. The third-order valence-electron chi connectivity index (χ3n) is 2.71. The summed E-state index contributed by atoms with van der Waals surface area (Å²) in [5.41, 5.74) is 6.20. The van der Waals surface area contributed by atoms with Crippen molar-refractivity contribution in [1.29, 1.82) is 0 Å². The lowest BCUT2D eigenvalue weighted by molar-refractivity contribution is 0.593. The fourth-order valence-electron chi connectivity index (χ4n) is 1.82. The Morgan fingerprint density at radius 2 is 1.91 bits per heavy atom. The summed E-state index contributed by atoms with van der Waals surface area (Å²) in [7, 11) is 0.0211. The highest BCUT2D eigenvalue weighted by molar-refractivity contribution is 7.89. The SMILES string of the molecule is CN(C)c1nc(N)nc(CS(=O)(=O)Cc2cccc(Cl)c2)n1. The Morgan fingerprint density at radius 1 is 1.18 bits per heavy atom. The maximum absolute atomic E-state index is 12.3. The lowest BCUT2D eigenvalue weighted by atomic mass is 10.2. The average molecular weight is 342 g/mol. The summed E-state index contributed by atoms with van der Waals surface area (Å²) in [5.74, 6) is -0.0193. The molecule has 0 aliphatic carbocycles. The predicted molar refractivity (Wildman–Crippen MR) is 86.3 cm³/mol. The molecule has 0 atom stereocenters. The molecule has 0 aliphatic heterocycles. The molecule has 2 rings (SSSR count). The second-order valence-corrected chi connectivity index (χ2v) is 7.47. The molecule has 0 fully saturated rings. The van der Waals surface area contributed by atoms with Crippen molar-refractivity contribution in [2.75, 3.05) is 24.7 Å². The standard InChI is InChI=1S/C13H16ClN5O2S/c1-19(2)13-17-11(16-12(15)18-13)8-22(20,21)7-9-4-3-5-10(14)6-9/h3-6H,7-8H2,1-2H3,(H2,15,16,17,18). The summed E-state index contributed by atoms with van der Waals surface area (Å²) in [6.07, 6.45) is 0. The Morgan fingerprint density at radius 3 is 2.55 bits per heavy atom. The van der Waals surface area contributed by atoms with Crippen LogP contribution in [0.1, 0.15) is 11.4 Å². The molecule has 0 saturated carbocycles. The van der Waals surface area contributed by atoms with E-state index >= 15 is 0 Å². The van der Waals surface area contributed by atoms with Gasteiger partial charge in [-0.25, -0.2) is 8.42 Å². The van der Waals surface area contributed by atoms with Gasteiger partial charge in [0.1, 0.15) is 5.75 Å². The number of hydrogen-bond acceptors (Lipinski definition) is 7. The summed E-state index contributed by atoms with van der Waals surface area (Å²) in [5, 5.41) is 0.493. The molecule has 0 amide bonds. The number of nitrogens with zero attached hydrogens (tertiary/aromatic N) is 4. The molecule has 1 aromatic carbocycles. The van der Waals surface area contributed by atoms with Crippen molar-refractivity contribution in [3.63, 3.8) is 0 Å². The van der Waals surface area contributed by atoms with Gasteiger partial charge in [-0.3, -0.25) is 0 Å². The first-order chi connectivity index (χ1) is 10.2. The maximum atomic E-state index is 12.3. The first-order valence-electron chi connectivity index (χ1n) is 6.38. The van der Waals surface area contributed by atoms with Gasteiger partial charge < -0.3 is 10.6 Å². The van der Waals surface area contributed by atoms with Crippen LogP contribution in [0, 0.1) is 0 Å². The zero-order chi connectivity index (χ0) is 16.3. The monoisotopic (exact) mass is 341 g/mol. The summed E-state index contributed by atoms with van der Waals surface area (Å²) < 4.78 is 24.6. The quantitative estimate of drug-likeness (QED) is 0.874. The van der Waals surface area contributed by atoms with Crippen molar-refractivity contribution < 1.29 is 8.42 Å². The van der Waals surface area contributed by atoms with Gasteiger partial charge in [-0.2, -0.15) is 15.0 Å². The van der Waals surface area contributed by atoms with Crippen LogP contribution in [0.5, 0.6) is 0 Å². The number of nitrogen functional groups attached to an aromatic ring is 1. The van der Waals surface area contributed by atoms with Crippen molar-refractivity contribution >= 4 is 33.3 Å². The molecule has 0 radical (unpaired) electrons. The Balaban J connectivity index is 2.22. The van der Waals surface area contributed by atoms with Crippen LogP contribution in [-0.4, -0.2) is 37.5 Å². The zero-order valence-electron chi connectivity index (χ0n) is 12.2. The van der Waals surface area contributed by atoms with E-state index in [-0.39, 0.29) is 23.3 Å². The topological polar surface area (TPSA) is 102 Å². The molecule has 2 N–H and O–H groups in total. The molecule has 0 bridgehead atoms. The van der Waals surface area contributed by atoms with E-state index in [9.17, 15) is 8.42 Å². The second-order valence-electron chi connectivity index (χ2n) is 4.97. The Bertz CT molecular complexity index is 780. The van der Waals surface area contributed by atoms with E-state index in [4.69, 9.17) is 17.3 Å². The maximum Gasteiger partial charge on any atom is 0.229 e. The highest BCUT2D eigenvalue weighted by Crippen LogP contribution is 2.16. The highest BCUT2D eigenvalue weighted by Gasteiger charge is 2.17. The Labute approximate surface area is 134 Å². The van der Waals surface area contributed by atoms with Crippen LogP contribution in [0.15, 0.2) is 24.3 Å². The fourth-order valence-corrected chi connectivity index (χ4v) is 3.34. The molecular formula is C13H16ClN5O2S. The van der Waals surface area contributed by atoms with Gasteiger partial charge in [-0.05, 0) is 17.7 Å². The molecular weight excluding hydrogens is 326 g/mol. The normalized spacial score (nSPS) is 11.4. The molecule has 118 valence electrons. The smallest absolute Gasteiger partial charge is 0.229 e. The van der Waals surface area contributed by atoms with Gasteiger partial charge in [0.15, 0.2) is 15.7 Å². The van der Waals surface area contributed by atoms with Gasteiger partial charge >= 0.3 is 0 Å². The molecule has 9 heteroatoms. The lowest BCUT2D eigenvalue weighted by Gasteiger charge is -2.11. The number of rotatable bonds is 5. The van der Waals surface area contributed by atoms with E-state index in [1.165, 1.54) is 0 Å². The minimum absolute atomic E-state index is 0.00773. The number of halogens is 1. The molecule has 1 heterocycles. The van der Waals surface area contributed by atoms with Crippen molar-refractivity contribution in [3.05, 3.63) is 40.7 Å². The van der Waals surface area contributed by atoms with Crippen LogP contribution >= 0.6 is 11.6 Å². The minimum atomic E-state index is -3.45. The minimum Gasteiger partial charge on any atom is -0.368 e.